The van der Waals surface area contributed by atoms with E-state index in [2.05, 4.69) is 61.3 Å². The van der Waals surface area contributed by atoms with E-state index in [1.54, 1.807) is 0 Å². The highest BCUT2D eigenvalue weighted by molar-refractivity contribution is 5.18. The van der Waals surface area contributed by atoms with Crippen molar-refractivity contribution >= 4 is 0 Å². The van der Waals surface area contributed by atoms with E-state index in [0.717, 1.165) is 39.2 Å². The monoisotopic (exact) mass is 276 g/mol. The molecule has 112 valence electrons. The van der Waals surface area contributed by atoms with Gasteiger partial charge in [-0.15, -0.1) is 0 Å². The Hall–Kier alpha value is -0.900. The first-order valence-corrected chi connectivity index (χ1v) is 7.75. The third-order valence-electron chi connectivity index (χ3n) is 3.89. The van der Waals surface area contributed by atoms with Crippen molar-refractivity contribution in [3.63, 3.8) is 0 Å². The van der Waals surface area contributed by atoms with Crippen molar-refractivity contribution in [1.82, 2.24) is 10.2 Å². The molecule has 0 aliphatic carbocycles. The fraction of sp³-hybridized carbons (Fsp3) is 0.647. The smallest absolute Gasteiger partial charge is 0.0753 e. The Morgan fingerprint density at radius 3 is 2.70 bits per heavy atom. The Kier molecular flexibility index (Phi) is 5.58. The third-order valence-corrected chi connectivity index (χ3v) is 3.89. The molecule has 1 heterocycles. The number of rotatable bonds is 6. The van der Waals surface area contributed by atoms with Gasteiger partial charge in [-0.2, -0.15) is 0 Å². The van der Waals surface area contributed by atoms with Crippen LogP contribution in [0.15, 0.2) is 30.3 Å². The quantitative estimate of drug-likeness (QED) is 0.864. The lowest BCUT2D eigenvalue weighted by molar-refractivity contribution is -0.0864. The molecule has 0 aromatic heterocycles. The van der Waals surface area contributed by atoms with E-state index in [1.807, 2.05) is 0 Å². The van der Waals surface area contributed by atoms with Gasteiger partial charge in [0.05, 0.1) is 12.2 Å². The van der Waals surface area contributed by atoms with Gasteiger partial charge in [-0.3, -0.25) is 4.90 Å². The van der Waals surface area contributed by atoms with Gasteiger partial charge in [0.25, 0.3) is 0 Å². The number of nitrogens with one attached hydrogen (secondary N) is 1. The van der Waals surface area contributed by atoms with Gasteiger partial charge < -0.3 is 10.1 Å². The minimum absolute atomic E-state index is 0.00131. The van der Waals surface area contributed by atoms with Gasteiger partial charge in [0, 0.05) is 25.7 Å². The zero-order chi connectivity index (χ0) is 14.4. The van der Waals surface area contributed by atoms with Gasteiger partial charge in [-0.05, 0) is 32.4 Å². The van der Waals surface area contributed by atoms with Crippen molar-refractivity contribution in [2.24, 2.45) is 0 Å². The largest absolute Gasteiger partial charge is 0.373 e. The molecule has 0 spiro atoms. The molecule has 1 aliphatic heterocycles. The minimum Gasteiger partial charge on any atom is -0.373 e. The molecular weight excluding hydrogens is 248 g/mol. The van der Waals surface area contributed by atoms with E-state index in [-0.39, 0.29) is 5.60 Å². The van der Waals surface area contributed by atoms with Crippen molar-refractivity contribution in [3.05, 3.63) is 35.9 Å². The highest BCUT2D eigenvalue weighted by atomic mass is 16.5. The molecule has 1 saturated heterocycles. The van der Waals surface area contributed by atoms with Gasteiger partial charge >= 0.3 is 0 Å². The van der Waals surface area contributed by atoms with Crippen LogP contribution in [0.5, 0.6) is 0 Å². The Balaban J connectivity index is 1.89. The summed E-state index contributed by atoms with van der Waals surface area (Å²) in [4.78, 5) is 2.52. The van der Waals surface area contributed by atoms with Crippen LogP contribution in [0.3, 0.4) is 0 Å². The van der Waals surface area contributed by atoms with Gasteiger partial charge in [0.2, 0.25) is 0 Å². The van der Waals surface area contributed by atoms with Crippen LogP contribution >= 0.6 is 0 Å². The molecule has 3 nitrogen and oxygen atoms in total. The van der Waals surface area contributed by atoms with Crippen molar-refractivity contribution in [2.75, 3.05) is 32.8 Å². The van der Waals surface area contributed by atoms with E-state index in [4.69, 9.17) is 4.74 Å². The van der Waals surface area contributed by atoms with E-state index >= 15 is 0 Å². The topological polar surface area (TPSA) is 24.5 Å². The van der Waals surface area contributed by atoms with Crippen LogP contribution in [0.25, 0.3) is 0 Å². The maximum absolute atomic E-state index is 5.78. The van der Waals surface area contributed by atoms with Crippen molar-refractivity contribution in [3.8, 4) is 0 Å². The van der Waals surface area contributed by atoms with E-state index < -0.39 is 0 Å². The zero-order valence-corrected chi connectivity index (χ0v) is 13.1. The normalized spacial score (nSPS) is 20.8. The second-order valence-corrected chi connectivity index (χ2v) is 6.19. The number of morpholine rings is 1. The number of benzene rings is 1. The Labute approximate surface area is 123 Å². The molecule has 1 atom stereocenters. The van der Waals surface area contributed by atoms with Crippen LogP contribution in [0.1, 0.15) is 38.8 Å². The van der Waals surface area contributed by atoms with Crippen LogP contribution < -0.4 is 5.32 Å². The van der Waals surface area contributed by atoms with Crippen LogP contribution in [0.2, 0.25) is 0 Å². The fourth-order valence-corrected chi connectivity index (χ4v) is 2.94. The molecule has 1 aliphatic rings. The molecule has 0 amide bonds. The van der Waals surface area contributed by atoms with Crippen LogP contribution in [-0.2, 0) is 4.74 Å². The molecule has 3 heteroatoms. The first-order chi connectivity index (χ1) is 9.61. The first-order valence-electron chi connectivity index (χ1n) is 7.75. The third kappa shape index (κ3) is 4.58. The standard InChI is InChI=1S/C17H28N2O/c1-4-18-16(15-8-6-5-7-9-15)10-11-19-12-13-20-17(2,3)14-19/h5-9,16,18H,4,10-14H2,1-3H3. The molecule has 0 bridgehead atoms. The van der Waals surface area contributed by atoms with Crippen molar-refractivity contribution < 1.29 is 4.74 Å². The Morgan fingerprint density at radius 2 is 2.05 bits per heavy atom. The minimum atomic E-state index is -0.00131. The molecule has 0 saturated carbocycles. The highest BCUT2D eigenvalue weighted by Gasteiger charge is 2.27. The number of hydrogen-bond donors (Lipinski definition) is 1. The molecular formula is C17H28N2O. The lowest BCUT2D eigenvalue weighted by Gasteiger charge is -2.38. The maximum atomic E-state index is 5.78. The highest BCUT2D eigenvalue weighted by Crippen LogP contribution is 2.20. The predicted octanol–water partition coefficient (Wildman–Crippen LogP) is 2.84. The van der Waals surface area contributed by atoms with Gasteiger partial charge in [0.15, 0.2) is 0 Å². The SMILES string of the molecule is CCNC(CCN1CCOC(C)(C)C1)c1ccccc1. The summed E-state index contributed by atoms with van der Waals surface area (Å²) in [5.41, 5.74) is 1.39. The molecule has 0 radical (unpaired) electrons. The summed E-state index contributed by atoms with van der Waals surface area (Å²) < 4.78 is 5.78. The first kappa shape index (κ1) is 15.5. The Bertz CT molecular complexity index is 391. The Morgan fingerprint density at radius 1 is 1.30 bits per heavy atom. The van der Waals surface area contributed by atoms with E-state index in [1.165, 1.54) is 5.56 Å². The second kappa shape index (κ2) is 7.21. The number of hydrogen-bond acceptors (Lipinski definition) is 3. The van der Waals surface area contributed by atoms with Crippen molar-refractivity contribution in [2.45, 2.75) is 38.8 Å². The molecule has 1 aromatic rings. The summed E-state index contributed by atoms with van der Waals surface area (Å²) in [6, 6.07) is 11.2. The molecule has 1 aromatic carbocycles. The lowest BCUT2D eigenvalue weighted by Crippen LogP contribution is -2.48. The molecule has 1 unspecified atom stereocenters. The lowest BCUT2D eigenvalue weighted by atomic mass is 10.0. The zero-order valence-electron chi connectivity index (χ0n) is 13.1. The summed E-state index contributed by atoms with van der Waals surface area (Å²) in [5.74, 6) is 0. The number of nitrogens with zero attached hydrogens (tertiary/aromatic N) is 1. The average molecular weight is 276 g/mol. The average Bonchev–Trinajstić information content (AvgIpc) is 2.43. The van der Waals surface area contributed by atoms with Crippen molar-refractivity contribution in [1.29, 1.82) is 0 Å². The molecule has 2 rings (SSSR count). The van der Waals surface area contributed by atoms with Gasteiger partial charge in [-0.25, -0.2) is 0 Å². The van der Waals surface area contributed by atoms with Crippen LogP contribution in [0.4, 0.5) is 0 Å². The molecule has 1 N–H and O–H groups in total. The summed E-state index contributed by atoms with van der Waals surface area (Å²) in [6.07, 6.45) is 1.15. The maximum Gasteiger partial charge on any atom is 0.0753 e. The fourth-order valence-electron chi connectivity index (χ4n) is 2.94. The van der Waals surface area contributed by atoms with E-state index in [0.29, 0.717) is 6.04 Å². The summed E-state index contributed by atoms with van der Waals surface area (Å²) >= 11 is 0. The van der Waals surface area contributed by atoms with Crippen LogP contribution in [-0.4, -0.2) is 43.3 Å². The van der Waals surface area contributed by atoms with E-state index in [9.17, 15) is 0 Å². The predicted molar refractivity (Wildman–Crippen MR) is 83.9 cm³/mol. The van der Waals surface area contributed by atoms with Crippen LogP contribution in [0, 0.1) is 0 Å². The molecule has 1 fully saturated rings. The van der Waals surface area contributed by atoms with Gasteiger partial charge in [-0.1, -0.05) is 37.3 Å². The number of ether oxygens (including phenoxy) is 1. The second-order valence-electron chi connectivity index (χ2n) is 6.19. The molecule has 20 heavy (non-hydrogen) atoms. The summed E-state index contributed by atoms with van der Waals surface area (Å²) in [5, 5.41) is 3.60. The summed E-state index contributed by atoms with van der Waals surface area (Å²) in [7, 11) is 0. The van der Waals surface area contributed by atoms with Gasteiger partial charge in [0.1, 0.15) is 0 Å². The summed E-state index contributed by atoms with van der Waals surface area (Å²) in [6.45, 7) is 11.6.